The lowest BCUT2D eigenvalue weighted by atomic mass is 10.2. The highest BCUT2D eigenvalue weighted by Gasteiger charge is 2.53. The Hall–Kier alpha value is -4.11. The number of Topliss-reactive ketones (excluding diaryl/α,β-unsaturated/α-hetero) is 1. The van der Waals surface area contributed by atoms with Gasteiger partial charge in [0.1, 0.15) is 15.9 Å². The molecule has 0 unspecified atom stereocenters. The van der Waals surface area contributed by atoms with Gasteiger partial charge < -0.3 is 4.42 Å². The molecule has 45 heavy (non-hydrogen) atoms. The maximum Gasteiger partial charge on any atom is 0.251 e. The molecule has 0 aliphatic carbocycles. The smallest absolute Gasteiger partial charge is 0.251 e. The van der Waals surface area contributed by atoms with E-state index in [9.17, 15) is 4.79 Å². The number of thioether (sulfide) groups is 1. The standard InChI is InChI=1S/C35H27NO2PS.ClHO4/c37-32(27-16-6-1-7-17-27)26-40-35-34(36-33(38-35)28-18-8-2-9-19-28)39(29-20-10-3-11-21-29,30-22-12-4-13-23-30)31-24-14-5-15-25-31;2-1(3,4)5/h1-25H,26H2;(H,2,3,4,5)/q+1;/p-1. The van der Waals surface area contributed by atoms with Gasteiger partial charge in [0.15, 0.2) is 13.0 Å². The molecule has 0 aliphatic rings. The van der Waals surface area contributed by atoms with Gasteiger partial charge in [0, 0.05) is 11.1 Å². The summed E-state index contributed by atoms with van der Waals surface area (Å²) in [6, 6.07) is 51.1. The number of carbonyl (C=O) groups is 1. The van der Waals surface area contributed by atoms with Gasteiger partial charge in [-0.15, -0.1) is 10.2 Å². The zero-order valence-electron chi connectivity index (χ0n) is 23.8. The number of aromatic nitrogens is 1. The number of hydrogen-bond acceptors (Lipinski definition) is 8. The Kier molecular flexibility index (Phi) is 10.6. The number of carbonyl (C=O) groups excluding carboxylic acids is 1. The molecule has 6 aromatic rings. The number of ketones is 1. The maximum atomic E-state index is 13.2. The molecule has 1 aromatic heterocycles. The van der Waals surface area contributed by atoms with E-state index >= 15 is 0 Å². The Bertz CT molecular complexity index is 1700. The van der Waals surface area contributed by atoms with Gasteiger partial charge in [0.25, 0.3) is 5.44 Å². The molecule has 0 fully saturated rings. The molecule has 0 spiro atoms. The zero-order valence-corrected chi connectivity index (χ0v) is 26.2. The largest absolute Gasteiger partial charge is 0.425 e. The molecule has 0 atom stereocenters. The van der Waals surface area contributed by atoms with Gasteiger partial charge in [-0.2, -0.15) is 4.98 Å². The lowest BCUT2D eigenvalue weighted by Gasteiger charge is -2.25. The Balaban J connectivity index is 0.000000743. The Labute approximate surface area is 267 Å². The molecule has 0 aliphatic heterocycles. The third kappa shape index (κ3) is 7.95. The molecule has 10 heteroatoms. The summed E-state index contributed by atoms with van der Waals surface area (Å²) in [5.41, 5.74) is 2.47. The van der Waals surface area contributed by atoms with Gasteiger partial charge >= 0.3 is 0 Å². The van der Waals surface area contributed by atoms with Crippen molar-refractivity contribution in [3.8, 4) is 11.5 Å². The molecule has 0 bridgehead atoms. The first-order valence-corrected chi connectivity index (χ1v) is 17.7. The summed E-state index contributed by atoms with van der Waals surface area (Å²) in [5.74, 6) is 0.855. The number of benzene rings is 5. The first kappa shape index (κ1) is 32.3. The van der Waals surface area contributed by atoms with E-state index in [4.69, 9.17) is 28.0 Å². The second-order valence-corrected chi connectivity index (χ2v) is 14.6. The maximum absolute atomic E-state index is 13.2. The monoisotopic (exact) mass is 655 g/mol. The van der Waals surface area contributed by atoms with Crippen LogP contribution in [0.1, 0.15) is 10.4 Å². The summed E-state index contributed by atoms with van der Waals surface area (Å²) in [7, 11) is -7.46. The minimum atomic E-state index is -4.94. The fourth-order valence-corrected chi connectivity index (χ4v) is 10.3. The highest BCUT2D eigenvalue weighted by Crippen LogP contribution is 2.56. The number of nitrogens with zero attached hydrogens (tertiary/aromatic N) is 1. The van der Waals surface area contributed by atoms with Crippen LogP contribution >= 0.6 is 19.0 Å². The van der Waals surface area contributed by atoms with Crippen LogP contribution in [-0.2, 0) is 0 Å². The Morgan fingerprint density at radius 1 is 0.622 bits per heavy atom. The lowest BCUT2D eigenvalue weighted by molar-refractivity contribution is -2.00. The van der Waals surface area contributed by atoms with Crippen LogP contribution in [-0.4, -0.2) is 16.5 Å². The molecule has 226 valence electrons. The Morgan fingerprint density at radius 3 is 1.42 bits per heavy atom. The molecule has 0 N–H and O–H groups in total. The number of halogens is 1. The molecule has 0 saturated heterocycles. The minimum Gasteiger partial charge on any atom is -0.425 e. The van der Waals surface area contributed by atoms with Crippen molar-refractivity contribution >= 4 is 46.2 Å². The molecular formula is C35H27ClNO6PS. The van der Waals surface area contributed by atoms with E-state index in [1.807, 2.05) is 78.9 Å². The van der Waals surface area contributed by atoms with Crippen LogP contribution in [0.4, 0.5) is 0 Å². The highest BCUT2D eigenvalue weighted by atomic mass is 35.7. The van der Waals surface area contributed by atoms with Crippen molar-refractivity contribution in [2.45, 2.75) is 5.09 Å². The lowest BCUT2D eigenvalue weighted by Crippen LogP contribution is -2.68. The predicted octanol–water partition coefficient (Wildman–Crippen LogP) is 2.18. The van der Waals surface area contributed by atoms with Crippen LogP contribution in [0.25, 0.3) is 11.5 Å². The SMILES string of the molecule is O=C(CSc1oc(-c2ccccc2)nc1[P+](c1ccccc1)(c1ccccc1)c1ccccc1)c1ccccc1.[O-][Cl+3]([O-])([O-])[O-]. The third-order valence-corrected chi connectivity index (χ3v) is 12.0. The molecule has 0 radical (unpaired) electrons. The van der Waals surface area contributed by atoms with Crippen molar-refractivity contribution < 1.29 is 38.1 Å². The van der Waals surface area contributed by atoms with Crippen molar-refractivity contribution in [2.75, 3.05) is 5.75 Å². The van der Waals surface area contributed by atoms with Crippen molar-refractivity contribution in [3.63, 3.8) is 0 Å². The summed E-state index contributed by atoms with van der Waals surface area (Å²) >= 11 is 1.43. The number of hydrogen-bond donors (Lipinski definition) is 0. The summed E-state index contributed by atoms with van der Waals surface area (Å²) in [5, 5.41) is 4.21. The highest BCUT2D eigenvalue weighted by molar-refractivity contribution is 8.04. The average molecular weight is 656 g/mol. The van der Waals surface area contributed by atoms with Crippen LogP contribution < -0.4 is 40.0 Å². The summed E-state index contributed by atoms with van der Waals surface area (Å²) in [6.45, 7) is 0. The second-order valence-electron chi connectivity index (χ2n) is 9.63. The Morgan fingerprint density at radius 2 is 1.00 bits per heavy atom. The van der Waals surface area contributed by atoms with E-state index in [1.165, 1.54) is 27.7 Å². The van der Waals surface area contributed by atoms with Crippen LogP contribution in [0.5, 0.6) is 0 Å². The molecule has 5 aromatic carbocycles. The normalized spacial score (nSPS) is 11.4. The first-order chi connectivity index (χ1) is 21.8. The minimum absolute atomic E-state index is 0.0530. The predicted molar refractivity (Wildman–Crippen MR) is 168 cm³/mol. The van der Waals surface area contributed by atoms with Crippen LogP contribution in [0.15, 0.2) is 161 Å². The van der Waals surface area contributed by atoms with E-state index in [2.05, 4.69) is 72.8 Å². The van der Waals surface area contributed by atoms with E-state index in [1.54, 1.807) is 0 Å². The van der Waals surface area contributed by atoms with Crippen molar-refractivity contribution in [1.29, 1.82) is 0 Å². The quantitative estimate of drug-likeness (QED) is 0.131. The zero-order chi connectivity index (χ0) is 31.7. The second kappa shape index (κ2) is 14.8. The van der Waals surface area contributed by atoms with E-state index in [0.29, 0.717) is 16.5 Å². The average Bonchev–Trinajstić information content (AvgIpc) is 3.50. The van der Waals surface area contributed by atoms with E-state index in [-0.39, 0.29) is 11.5 Å². The van der Waals surface area contributed by atoms with Gasteiger partial charge in [-0.05, 0) is 48.5 Å². The molecule has 0 amide bonds. The van der Waals surface area contributed by atoms with E-state index in [0.717, 1.165) is 11.0 Å². The number of oxazole rings is 1. The van der Waals surface area contributed by atoms with E-state index < -0.39 is 17.5 Å². The summed E-state index contributed by atoms with van der Waals surface area (Å²) < 4.78 is 40.6. The fraction of sp³-hybridized carbons (Fsp3) is 0.0286. The van der Waals surface area contributed by atoms with Crippen molar-refractivity contribution in [3.05, 3.63) is 157 Å². The molecule has 7 nitrogen and oxygen atoms in total. The van der Waals surface area contributed by atoms with Gasteiger partial charge in [0.05, 0.1) is 5.75 Å². The topological polar surface area (TPSA) is 135 Å². The van der Waals surface area contributed by atoms with Crippen LogP contribution in [0, 0.1) is 10.2 Å². The molecular weight excluding hydrogens is 629 g/mol. The summed E-state index contributed by atoms with van der Waals surface area (Å²) in [4.78, 5) is 18.5. The molecule has 1 heterocycles. The van der Waals surface area contributed by atoms with Gasteiger partial charge in [-0.1, -0.05) is 115 Å². The van der Waals surface area contributed by atoms with Gasteiger partial charge in [0.2, 0.25) is 11.0 Å². The first-order valence-electron chi connectivity index (χ1n) is 13.7. The van der Waals surface area contributed by atoms with Gasteiger partial charge in [-0.25, -0.2) is 18.6 Å². The van der Waals surface area contributed by atoms with Crippen LogP contribution in [0.2, 0.25) is 0 Å². The third-order valence-electron chi connectivity index (χ3n) is 6.78. The summed E-state index contributed by atoms with van der Waals surface area (Å²) in [6.07, 6.45) is 0. The number of rotatable bonds is 9. The van der Waals surface area contributed by atoms with Crippen molar-refractivity contribution in [1.82, 2.24) is 4.98 Å². The fourth-order valence-electron chi connectivity index (χ4n) is 4.92. The molecule has 0 saturated carbocycles. The van der Waals surface area contributed by atoms with Crippen molar-refractivity contribution in [2.24, 2.45) is 0 Å². The molecule has 6 rings (SSSR count). The van der Waals surface area contributed by atoms with Gasteiger partial charge in [-0.3, -0.25) is 4.79 Å². The van der Waals surface area contributed by atoms with Crippen LogP contribution in [0.3, 0.4) is 0 Å².